The second kappa shape index (κ2) is 6.66. The van der Waals surface area contributed by atoms with E-state index in [0.717, 1.165) is 30.8 Å². The molecule has 0 amide bonds. The minimum atomic E-state index is -3.01. The van der Waals surface area contributed by atoms with E-state index in [4.69, 9.17) is 15.5 Å². The fourth-order valence-corrected chi connectivity index (χ4v) is 5.97. The first-order chi connectivity index (χ1) is 13.2. The van der Waals surface area contributed by atoms with Crippen molar-refractivity contribution >= 4 is 26.7 Å². The largest absolute Gasteiger partial charge is 0.384 e. The molecule has 1 atom stereocenters. The van der Waals surface area contributed by atoms with Gasteiger partial charge in [-0.3, -0.25) is 4.21 Å². The van der Waals surface area contributed by atoms with Crippen LogP contribution in [0.5, 0.6) is 0 Å². The van der Waals surface area contributed by atoms with Gasteiger partial charge in [0, 0.05) is 42.1 Å². The molecule has 1 aliphatic carbocycles. The van der Waals surface area contributed by atoms with Crippen LogP contribution in [0.25, 0.3) is 11.4 Å². The summed E-state index contributed by atoms with van der Waals surface area (Å²) in [6.07, 6.45) is 7.24. The van der Waals surface area contributed by atoms with Gasteiger partial charge in [-0.25, -0.2) is 15.0 Å². The minimum absolute atomic E-state index is 0.192. The van der Waals surface area contributed by atoms with E-state index < -0.39 is 9.25 Å². The lowest BCUT2D eigenvalue weighted by Crippen LogP contribution is -2.45. The van der Waals surface area contributed by atoms with Crippen molar-refractivity contribution in [1.29, 1.82) is 0 Å². The van der Waals surface area contributed by atoms with Crippen LogP contribution >= 0.6 is 0 Å². The maximum absolute atomic E-state index is 13.5. The fraction of sp³-hybridized carbons (Fsp3) is 0.526. The molecule has 4 rings (SSSR count). The van der Waals surface area contributed by atoms with E-state index in [1.165, 1.54) is 0 Å². The van der Waals surface area contributed by atoms with Crippen molar-refractivity contribution in [3.05, 3.63) is 24.4 Å². The van der Waals surface area contributed by atoms with Gasteiger partial charge in [-0.15, -0.1) is 0 Å². The Hall–Kier alpha value is -2.26. The molecule has 2 aliphatic rings. The maximum Gasteiger partial charge on any atom is 0.164 e. The number of anilines is 3. The van der Waals surface area contributed by atoms with Crippen molar-refractivity contribution in [1.82, 2.24) is 15.0 Å². The van der Waals surface area contributed by atoms with Crippen LogP contribution in [0.4, 0.5) is 17.5 Å². The van der Waals surface area contributed by atoms with Crippen molar-refractivity contribution < 1.29 is 8.95 Å². The molecular weight excluding hydrogens is 376 g/mol. The highest BCUT2D eigenvalue weighted by molar-refractivity contribution is 8.20. The van der Waals surface area contributed by atoms with Crippen LogP contribution in [-0.4, -0.2) is 62.7 Å². The molecular formula is C19H28N6O2S. The molecule has 1 saturated carbocycles. The second-order valence-corrected chi connectivity index (χ2v) is 12.9. The van der Waals surface area contributed by atoms with Gasteiger partial charge in [-0.05, 0) is 41.1 Å². The topological polar surface area (TPSA) is 106 Å². The summed E-state index contributed by atoms with van der Waals surface area (Å²) >= 11 is 0. The third-order valence-electron chi connectivity index (χ3n) is 5.32. The predicted octanol–water partition coefficient (Wildman–Crippen LogP) is 1.91. The molecule has 0 bridgehead atoms. The zero-order chi connectivity index (χ0) is 20.0. The van der Waals surface area contributed by atoms with Crippen LogP contribution < -0.4 is 15.4 Å². The number of hydrogen-bond acceptors (Lipinski definition) is 7. The lowest BCUT2D eigenvalue weighted by atomic mass is 10.2. The lowest BCUT2D eigenvalue weighted by Gasteiger charge is -2.37. The van der Waals surface area contributed by atoms with Gasteiger partial charge >= 0.3 is 0 Å². The summed E-state index contributed by atoms with van der Waals surface area (Å²) in [5.74, 6) is 2.30. The molecule has 3 N–H and O–H groups in total. The van der Waals surface area contributed by atoms with Gasteiger partial charge in [0.15, 0.2) is 5.82 Å². The molecule has 0 unspecified atom stereocenters. The van der Waals surface area contributed by atoms with Crippen LogP contribution in [0.1, 0.15) is 19.8 Å². The standard InChI is InChI=1S/C19H28N6O2S/c1-13-12-27-9-8-25(13)18-11-17(24-28(2,3,26)15-4-5-15)22-19(23-18)14-6-7-21-16(20)10-14/h6-7,10-11,13,15H,4-5,8-9,12H2,1-3H3,(H2,20,21)(H,22,23,24,26)/t13-/m1/s1. The summed E-state index contributed by atoms with van der Waals surface area (Å²) in [4.78, 5) is 15.7. The van der Waals surface area contributed by atoms with Gasteiger partial charge in [0.1, 0.15) is 17.5 Å². The van der Waals surface area contributed by atoms with E-state index in [0.29, 0.717) is 30.7 Å². The quantitative estimate of drug-likeness (QED) is 0.784. The summed E-state index contributed by atoms with van der Waals surface area (Å²) < 4.78 is 22.4. The predicted molar refractivity (Wildman–Crippen MR) is 114 cm³/mol. The van der Waals surface area contributed by atoms with E-state index in [2.05, 4.69) is 26.5 Å². The Morgan fingerprint density at radius 2 is 2.07 bits per heavy atom. The number of ether oxygens (including phenoxy) is 1. The maximum atomic E-state index is 13.5. The highest BCUT2D eigenvalue weighted by atomic mass is 32.3. The SMILES string of the molecule is C[C@@H]1COCCN1c1cc(NS(C)(C)(=O)C2CC2)nc(-c2ccnc(N)c2)n1. The van der Waals surface area contributed by atoms with Crippen molar-refractivity contribution in [3.8, 4) is 11.4 Å². The molecule has 2 fully saturated rings. The molecule has 152 valence electrons. The summed E-state index contributed by atoms with van der Waals surface area (Å²) in [5.41, 5.74) is 6.63. The number of nitrogens with two attached hydrogens (primary N) is 1. The van der Waals surface area contributed by atoms with Crippen molar-refractivity contribution in [2.45, 2.75) is 31.1 Å². The van der Waals surface area contributed by atoms with Crippen LogP contribution in [0, 0.1) is 0 Å². The third kappa shape index (κ3) is 3.95. The molecule has 0 aromatic carbocycles. The summed E-state index contributed by atoms with van der Waals surface area (Å²) in [5, 5.41) is 0.192. The molecule has 3 heterocycles. The van der Waals surface area contributed by atoms with E-state index in [-0.39, 0.29) is 11.3 Å². The summed E-state index contributed by atoms with van der Waals surface area (Å²) in [6.45, 7) is 4.15. The molecule has 1 saturated heterocycles. The van der Waals surface area contributed by atoms with Gasteiger partial charge in [-0.2, -0.15) is 0 Å². The molecule has 0 spiro atoms. The number of aromatic nitrogens is 3. The number of pyridine rings is 1. The smallest absolute Gasteiger partial charge is 0.164 e. The fourth-order valence-electron chi connectivity index (χ4n) is 3.57. The van der Waals surface area contributed by atoms with E-state index in [1.807, 2.05) is 24.6 Å². The first kappa shape index (κ1) is 19.1. The van der Waals surface area contributed by atoms with E-state index in [1.54, 1.807) is 12.3 Å². The Morgan fingerprint density at radius 3 is 2.75 bits per heavy atom. The summed E-state index contributed by atoms with van der Waals surface area (Å²) in [6, 6.07) is 5.66. The minimum Gasteiger partial charge on any atom is -0.384 e. The van der Waals surface area contributed by atoms with Crippen molar-refractivity contribution in [2.75, 3.05) is 47.6 Å². The summed E-state index contributed by atoms with van der Waals surface area (Å²) in [7, 11) is -3.01. The molecule has 0 radical (unpaired) electrons. The Morgan fingerprint density at radius 1 is 1.29 bits per heavy atom. The molecule has 8 nitrogen and oxygen atoms in total. The zero-order valence-corrected chi connectivity index (χ0v) is 17.4. The molecule has 9 heteroatoms. The molecule has 2 aromatic heterocycles. The Bertz CT molecular complexity index is 955. The van der Waals surface area contributed by atoms with Crippen molar-refractivity contribution in [2.24, 2.45) is 0 Å². The zero-order valence-electron chi connectivity index (χ0n) is 16.6. The van der Waals surface area contributed by atoms with Gasteiger partial charge in [0.25, 0.3) is 0 Å². The van der Waals surface area contributed by atoms with Crippen molar-refractivity contribution in [3.63, 3.8) is 0 Å². The Balaban J connectivity index is 1.77. The van der Waals surface area contributed by atoms with Crippen LogP contribution in [0.3, 0.4) is 0 Å². The number of morpholine rings is 1. The number of rotatable bonds is 5. The average Bonchev–Trinajstić information content (AvgIpc) is 3.47. The highest BCUT2D eigenvalue weighted by Crippen LogP contribution is 2.41. The van der Waals surface area contributed by atoms with E-state index in [9.17, 15) is 4.21 Å². The number of nitrogens with one attached hydrogen (secondary N) is 1. The average molecular weight is 405 g/mol. The molecule has 2 aromatic rings. The Kier molecular flexibility index (Phi) is 4.54. The monoisotopic (exact) mass is 404 g/mol. The molecule has 1 aliphatic heterocycles. The van der Waals surface area contributed by atoms with Gasteiger partial charge in [-0.1, -0.05) is 0 Å². The highest BCUT2D eigenvalue weighted by Gasteiger charge is 2.43. The lowest BCUT2D eigenvalue weighted by molar-refractivity contribution is 0.0985. The number of nitrogens with zero attached hydrogens (tertiary/aromatic N) is 4. The normalized spacial score (nSPS) is 21.8. The second-order valence-electron chi connectivity index (χ2n) is 8.24. The van der Waals surface area contributed by atoms with Crippen LogP contribution in [0.2, 0.25) is 0 Å². The van der Waals surface area contributed by atoms with Crippen LogP contribution in [0.15, 0.2) is 24.4 Å². The van der Waals surface area contributed by atoms with E-state index >= 15 is 0 Å². The third-order valence-corrected chi connectivity index (χ3v) is 8.55. The number of nitrogen functional groups attached to an aromatic ring is 1. The Labute approximate surface area is 165 Å². The number of hydrogen-bond donors (Lipinski definition) is 2. The molecule has 28 heavy (non-hydrogen) atoms. The van der Waals surface area contributed by atoms with Gasteiger partial charge in [0.05, 0.1) is 19.3 Å². The first-order valence-corrected chi connectivity index (χ1v) is 12.4. The van der Waals surface area contributed by atoms with Gasteiger partial charge in [0.2, 0.25) is 0 Å². The first-order valence-electron chi connectivity index (χ1n) is 9.54. The van der Waals surface area contributed by atoms with Crippen LogP contribution in [-0.2, 0) is 14.0 Å². The van der Waals surface area contributed by atoms with Gasteiger partial charge < -0.3 is 20.1 Å².